The molecule has 0 amide bonds. The highest BCUT2D eigenvalue weighted by molar-refractivity contribution is 9.10. The lowest BCUT2D eigenvalue weighted by Crippen LogP contribution is -1.92. The first-order valence-electron chi connectivity index (χ1n) is 5.40. The van der Waals surface area contributed by atoms with Gasteiger partial charge in [0.05, 0.1) is 4.83 Å². The lowest BCUT2D eigenvalue weighted by molar-refractivity contribution is 0.372. The summed E-state index contributed by atoms with van der Waals surface area (Å²) in [5, 5.41) is 3.98. The zero-order valence-corrected chi connectivity index (χ0v) is 12.5. The van der Waals surface area contributed by atoms with Gasteiger partial charge in [-0.25, -0.2) is 0 Å². The van der Waals surface area contributed by atoms with Gasteiger partial charge in [0.15, 0.2) is 5.82 Å². The van der Waals surface area contributed by atoms with E-state index < -0.39 is 0 Å². The average molecular weight is 360 g/mol. The number of hydrogen-bond donors (Lipinski definition) is 0. The first-order valence-corrected chi connectivity index (χ1v) is 7.11. The topological polar surface area (TPSA) is 38.9 Å². The van der Waals surface area contributed by atoms with Crippen molar-refractivity contribution in [1.29, 1.82) is 0 Å². The Morgan fingerprint density at radius 2 is 2.00 bits per heavy atom. The van der Waals surface area contributed by atoms with Crippen LogP contribution in [0.3, 0.4) is 0 Å². The molecule has 90 valence electrons. The summed E-state index contributed by atoms with van der Waals surface area (Å²) in [7, 11) is 0. The Balaban J connectivity index is 2.08. The molecule has 0 aliphatic heterocycles. The Bertz CT molecular complexity index is 482. The summed E-state index contributed by atoms with van der Waals surface area (Å²) >= 11 is 6.90. The fourth-order valence-corrected chi connectivity index (χ4v) is 1.88. The van der Waals surface area contributed by atoms with Gasteiger partial charge >= 0.3 is 0 Å². The van der Waals surface area contributed by atoms with Crippen molar-refractivity contribution in [1.82, 2.24) is 10.1 Å². The van der Waals surface area contributed by atoms with E-state index in [-0.39, 0.29) is 4.83 Å². The summed E-state index contributed by atoms with van der Waals surface area (Å²) in [6.45, 7) is 2.07. The van der Waals surface area contributed by atoms with Crippen molar-refractivity contribution in [3.8, 4) is 0 Å². The molecule has 1 unspecified atom stereocenters. The van der Waals surface area contributed by atoms with Crippen LogP contribution in [-0.4, -0.2) is 10.1 Å². The minimum Gasteiger partial charge on any atom is -0.338 e. The first-order chi connectivity index (χ1) is 8.19. The summed E-state index contributed by atoms with van der Waals surface area (Å²) < 4.78 is 6.27. The van der Waals surface area contributed by atoms with Gasteiger partial charge in [0, 0.05) is 10.9 Å². The maximum atomic E-state index is 5.20. The normalized spacial score (nSPS) is 12.6. The molecular weight excluding hydrogens is 348 g/mol. The van der Waals surface area contributed by atoms with Gasteiger partial charge < -0.3 is 4.52 Å². The second-order valence-corrected chi connectivity index (χ2v) is 5.75. The van der Waals surface area contributed by atoms with Crippen LogP contribution in [0.4, 0.5) is 0 Å². The maximum absolute atomic E-state index is 5.20. The lowest BCUT2D eigenvalue weighted by Gasteiger charge is -1.97. The second-order valence-electron chi connectivity index (χ2n) is 3.73. The van der Waals surface area contributed by atoms with Crippen molar-refractivity contribution in [2.75, 3.05) is 0 Å². The lowest BCUT2D eigenvalue weighted by atomic mass is 10.1. The summed E-state index contributed by atoms with van der Waals surface area (Å²) in [6, 6.07) is 8.11. The van der Waals surface area contributed by atoms with E-state index in [9.17, 15) is 0 Å². The summed E-state index contributed by atoms with van der Waals surface area (Å²) in [4.78, 5) is 4.51. The third-order valence-corrected chi connectivity index (χ3v) is 3.95. The first kappa shape index (κ1) is 12.8. The molecule has 5 heteroatoms. The predicted octanol–water partition coefficient (Wildman–Crippen LogP) is 4.27. The van der Waals surface area contributed by atoms with Crippen LogP contribution in [-0.2, 0) is 6.42 Å². The van der Waals surface area contributed by atoms with E-state index >= 15 is 0 Å². The Kier molecular flexibility index (Phi) is 4.34. The van der Waals surface area contributed by atoms with E-state index in [0.717, 1.165) is 16.7 Å². The van der Waals surface area contributed by atoms with Gasteiger partial charge in [0.1, 0.15) is 0 Å². The van der Waals surface area contributed by atoms with Gasteiger partial charge in [-0.1, -0.05) is 56.1 Å². The van der Waals surface area contributed by atoms with Crippen molar-refractivity contribution in [3.05, 3.63) is 46.0 Å². The van der Waals surface area contributed by atoms with Crippen molar-refractivity contribution in [2.24, 2.45) is 0 Å². The van der Waals surface area contributed by atoms with E-state index in [0.29, 0.717) is 12.3 Å². The highest BCUT2D eigenvalue weighted by atomic mass is 79.9. The Morgan fingerprint density at radius 1 is 1.29 bits per heavy atom. The van der Waals surface area contributed by atoms with Crippen LogP contribution in [0, 0.1) is 0 Å². The van der Waals surface area contributed by atoms with Crippen LogP contribution in [0.2, 0.25) is 0 Å². The minimum absolute atomic E-state index is 0.147. The molecule has 0 bridgehead atoms. The van der Waals surface area contributed by atoms with Crippen LogP contribution < -0.4 is 0 Å². The fraction of sp³-hybridized carbons (Fsp3) is 0.333. The largest absolute Gasteiger partial charge is 0.338 e. The summed E-state index contributed by atoms with van der Waals surface area (Å²) in [5.41, 5.74) is 1.17. The molecular formula is C12H12Br2N2O. The van der Waals surface area contributed by atoms with Crippen LogP contribution in [0.25, 0.3) is 0 Å². The Hall–Kier alpha value is -0.680. The molecule has 1 aromatic heterocycles. The molecule has 3 nitrogen and oxygen atoms in total. The van der Waals surface area contributed by atoms with E-state index in [1.807, 2.05) is 24.3 Å². The molecule has 0 fully saturated rings. The molecule has 0 aliphatic carbocycles. The number of benzene rings is 1. The van der Waals surface area contributed by atoms with E-state index in [2.05, 4.69) is 48.9 Å². The highest BCUT2D eigenvalue weighted by Gasteiger charge is 2.13. The third-order valence-electron chi connectivity index (χ3n) is 2.39. The summed E-state index contributed by atoms with van der Waals surface area (Å²) in [5.74, 6) is 1.37. The second kappa shape index (κ2) is 5.78. The van der Waals surface area contributed by atoms with Crippen molar-refractivity contribution < 1.29 is 4.52 Å². The number of alkyl halides is 1. The molecule has 1 aromatic carbocycles. The highest BCUT2D eigenvalue weighted by Crippen LogP contribution is 2.24. The van der Waals surface area contributed by atoms with E-state index in [1.54, 1.807) is 0 Å². The molecule has 17 heavy (non-hydrogen) atoms. The quantitative estimate of drug-likeness (QED) is 0.765. The third kappa shape index (κ3) is 3.39. The van der Waals surface area contributed by atoms with Gasteiger partial charge in [0.2, 0.25) is 5.89 Å². The molecule has 2 rings (SSSR count). The van der Waals surface area contributed by atoms with E-state index in [1.165, 1.54) is 5.56 Å². The monoisotopic (exact) mass is 358 g/mol. The molecule has 0 N–H and O–H groups in total. The molecule has 1 atom stereocenters. The van der Waals surface area contributed by atoms with Gasteiger partial charge in [-0.05, 0) is 24.1 Å². The van der Waals surface area contributed by atoms with Crippen LogP contribution in [0.5, 0.6) is 0 Å². The average Bonchev–Trinajstić information content (AvgIpc) is 2.80. The van der Waals surface area contributed by atoms with Gasteiger partial charge in [-0.15, -0.1) is 0 Å². The molecule has 2 aromatic rings. The molecule has 0 radical (unpaired) electrons. The van der Waals surface area contributed by atoms with Gasteiger partial charge in [-0.2, -0.15) is 4.98 Å². The van der Waals surface area contributed by atoms with Gasteiger partial charge in [0.25, 0.3) is 0 Å². The zero-order chi connectivity index (χ0) is 12.3. The maximum Gasteiger partial charge on any atom is 0.240 e. The zero-order valence-electron chi connectivity index (χ0n) is 9.36. The molecule has 0 spiro atoms. The molecule has 0 saturated heterocycles. The summed E-state index contributed by atoms with van der Waals surface area (Å²) in [6.07, 6.45) is 1.63. The smallest absolute Gasteiger partial charge is 0.240 e. The van der Waals surface area contributed by atoms with Crippen molar-refractivity contribution in [2.45, 2.75) is 24.6 Å². The minimum atomic E-state index is 0.147. The number of halogens is 2. The number of hydrogen-bond acceptors (Lipinski definition) is 3. The van der Waals surface area contributed by atoms with Crippen LogP contribution in [0.1, 0.15) is 35.5 Å². The Morgan fingerprint density at radius 3 is 2.65 bits per heavy atom. The van der Waals surface area contributed by atoms with Crippen molar-refractivity contribution >= 4 is 31.9 Å². The predicted molar refractivity (Wildman–Crippen MR) is 73.2 cm³/mol. The SMILES string of the molecule is CCC(Br)c1nc(Cc2ccc(Br)cc2)no1. The van der Waals surface area contributed by atoms with Crippen LogP contribution in [0.15, 0.2) is 33.3 Å². The number of aromatic nitrogens is 2. The number of rotatable bonds is 4. The van der Waals surface area contributed by atoms with Gasteiger partial charge in [-0.3, -0.25) is 0 Å². The Labute approximate surface area is 117 Å². The molecule has 1 heterocycles. The van der Waals surface area contributed by atoms with Crippen LogP contribution >= 0.6 is 31.9 Å². The molecule has 0 aliphatic rings. The standard InChI is InChI=1S/C12H12Br2N2O/c1-2-10(14)12-15-11(16-17-12)7-8-3-5-9(13)6-4-8/h3-6,10H,2,7H2,1H3. The fourth-order valence-electron chi connectivity index (χ4n) is 1.43. The number of nitrogens with zero attached hydrogens (tertiary/aromatic N) is 2. The molecule has 0 saturated carbocycles. The van der Waals surface area contributed by atoms with Crippen molar-refractivity contribution in [3.63, 3.8) is 0 Å². The van der Waals surface area contributed by atoms with E-state index in [4.69, 9.17) is 4.52 Å².